The Hall–Kier alpha value is -2.12. The fourth-order valence-electron chi connectivity index (χ4n) is 5.74. The summed E-state index contributed by atoms with van der Waals surface area (Å²) in [6.45, 7) is 12.2. The van der Waals surface area contributed by atoms with E-state index < -0.39 is 22.7 Å². The van der Waals surface area contributed by atoms with Crippen molar-refractivity contribution < 1.29 is 19.2 Å². The molecular weight excluding hydrogens is 492 g/mol. The molecule has 0 bridgehead atoms. The molecule has 0 spiro atoms. The monoisotopic (exact) mass is 548 g/mol. The van der Waals surface area contributed by atoms with E-state index in [1.165, 1.54) is 38.5 Å². The molecule has 0 radical (unpaired) electrons. The molecule has 39 heavy (non-hydrogen) atoms. The summed E-state index contributed by atoms with van der Waals surface area (Å²) in [7, 11) is 0. The molecule has 0 aliphatic carbocycles. The average Bonchev–Trinajstić information content (AvgIpc) is 3.17. The highest BCUT2D eigenvalue weighted by molar-refractivity contribution is 5.88. The van der Waals surface area contributed by atoms with Gasteiger partial charge in [0.05, 0.1) is 6.42 Å². The van der Waals surface area contributed by atoms with E-state index in [1.807, 2.05) is 34.6 Å². The predicted octanol–water partition coefficient (Wildman–Crippen LogP) is 5.55. The average molecular weight is 549 g/mol. The molecule has 0 aromatic carbocycles. The summed E-state index contributed by atoms with van der Waals surface area (Å²) in [5.41, 5.74) is -2.62. The Morgan fingerprint density at radius 1 is 0.923 bits per heavy atom. The van der Waals surface area contributed by atoms with Crippen molar-refractivity contribution in [1.29, 1.82) is 0 Å². The summed E-state index contributed by atoms with van der Waals surface area (Å²) in [5.74, 6) is -0.614. The van der Waals surface area contributed by atoms with E-state index in [-0.39, 0.29) is 30.0 Å². The number of nitrogens with one attached hydrogen (secondary N) is 3. The van der Waals surface area contributed by atoms with Gasteiger partial charge in [0.15, 0.2) is 0 Å². The lowest BCUT2D eigenvalue weighted by Gasteiger charge is -2.50. The summed E-state index contributed by atoms with van der Waals surface area (Å²) in [6.07, 6.45) is 13.4. The summed E-state index contributed by atoms with van der Waals surface area (Å²) in [4.78, 5) is 55.2. The van der Waals surface area contributed by atoms with E-state index in [1.54, 1.807) is 4.90 Å². The third-order valence-electron chi connectivity index (χ3n) is 8.25. The molecule has 2 fully saturated rings. The molecule has 2 aliphatic heterocycles. The normalized spacial score (nSPS) is 22.8. The maximum atomic E-state index is 14.1. The van der Waals surface area contributed by atoms with Crippen molar-refractivity contribution in [2.75, 3.05) is 6.54 Å². The number of unbranched alkanes of at least 4 members (excludes halogenated alkanes) is 7. The molecule has 2 rings (SSSR count). The number of hydrogen-bond donors (Lipinski definition) is 3. The van der Waals surface area contributed by atoms with Crippen LogP contribution in [0.15, 0.2) is 0 Å². The Bertz CT molecular complexity index is 835. The second-order valence-electron chi connectivity index (χ2n) is 13.5. The fraction of sp³-hybridized carbons (Fsp3) is 0.871. The van der Waals surface area contributed by atoms with E-state index >= 15 is 0 Å². The van der Waals surface area contributed by atoms with E-state index in [2.05, 4.69) is 22.9 Å². The van der Waals surface area contributed by atoms with Crippen LogP contribution in [-0.2, 0) is 19.2 Å². The van der Waals surface area contributed by atoms with Crippen LogP contribution in [0.5, 0.6) is 0 Å². The van der Waals surface area contributed by atoms with Crippen molar-refractivity contribution >= 4 is 23.6 Å². The Morgan fingerprint density at radius 2 is 1.56 bits per heavy atom. The molecule has 8 heteroatoms. The lowest BCUT2D eigenvalue weighted by molar-refractivity contribution is -0.159. The number of carbonyl (C=O) groups excluding carboxylic acids is 4. The van der Waals surface area contributed by atoms with Crippen LogP contribution in [0.2, 0.25) is 0 Å². The van der Waals surface area contributed by atoms with Gasteiger partial charge in [0, 0.05) is 23.8 Å². The lowest BCUT2D eigenvalue weighted by Crippen LogP contribution is -2.71. The van der Waals surface area contributed by atoms with Crippen LogP contribution in [0.4, 0.5) is 0 Å². The van der Waals surface area contributed by atoms with Gasteiger partial charge in [-0.2, -0.15) is 0 Å². The van der Waals surface area contributed by atoms with E-state index in [9.17, 15) is 19.2 Å². The standard InChI is InChI=1S/C31H56N4O4/c1-7-8-9-10-11-12-13-16-20-30(5,6)27(38)34-31(21-17-22-32-26(37)23-31)35(28(39)29(2,3)4)24-18-14-15-19-25(36)33-24/h24H,7-23H2,1-6H3,(H,32,37)(H,33,36)(H,34,38)/t24-,31-/m0/s1. The lowest BCUT2D eigenvalue weighted by atomic mass is 9.83. The largest absolute Gasteiger partial charge is 0.356 e. The van der Waals surface area contributed by atoms with Crippen LogP contribution in [0, 0.1) is 10.8 Å². The molecule has 2 heterocycles. The van der Waals surface area contributed by atoms with Crippen LogP contribution in [0.1, 0.15) is 144 Å². The first-order valence-corrected chi connectivity index (χ1v) is 15.5. The smallest absolute Gasteiger partial charge is 0.231 e. The molecule has 3 N–H and O–H groups in total. The first-order chi connectivity index (χ1) is 18.3. The zero-order valence-corrected chi connectivity index (χ0v) is 25.7. The van der Waals surface area contributed by atoms with Gasteiger partial charge >= 0.3 is 0 Å². The Kier molecular flexibility index (Phi) is 12.8. The van der Waals surface area contributed by atoms with E-state index in [0.717, 1.165) is 32.1 Å². The summed E-state index contributed by atoms with van der Waals surface area (Å²) in [6, 6.07) is 0. The highest BCUT2D eigenvalue weighted by Gasteiger charge is 2.50. The molecular formula is C31H56N4O4. The quantitative estimate of drug-likeness (QED) is 0.207. The maximum Gasteiger partial charge on any atom is 0.231 e. The summed E-state index contributed by atoms with van der Waals surface area (Å²) in [5, 5.41) is 9.23. The van der Waals surface area contributed by atoms with Crippen molar-refractivity contribution in [3.8, 4) is 0 Å². The Labute approximate surface area is 237 Å². The number of nitrogens with zero attached hydrogens (tertiary/aromatic N) is 1. The number of amides is 4. The van der Waals surface area contributed by atoms with Crippen molar-refractivity contribution in [2.24, 2.45) is 10.8 Å². The number of hydrogen-bond acceptors (Lipinski definition) is 4. The third kappa shape index (κ3) is 10.1. The van der Waals surface area contributed by atoms with Crippen molar-refractivity contribution in [3.63, 3.8) is 0 Å². The van der Waals surface area contributed by atoms with Gasteiger partial charge in [0.1, 0.15) is 11.8 Å². The van der Waals surface area contributed by atoms with Gasteiger partial charge in [-0.1, -0.05) is 92.9 Å². The molecule has 4 amide bonds. The van der Waals surface area contributed by atoms with Crippen LogP contribution in [-0.4, -0.2) is 46.9 Å². The van der Waals surface area contributed by atoms with Crippen molar-refractivity contribution in [1.82, 2.24) is 20.9 Å². The van der Waals surface area contributed by atoms with E-state index in [4.69, 9.17) is 0 Å². The molecule has 2 aliphatic rings. The van der Waals surface area contributed by atoms with Crippen LogP contribution < -0.4 is 16.0 Å². The van der Waals surface area contributed by atoms with Crippen molar-refractivity contribution in [2.45, 2.75) is 156 Å². The topological polar surface area (TPSA) is 108 Å². The summed E-state index contributed by atoms with van der Waals surface area (Å²) < 4.78 is 0. The molecule has 0 aromatic rings. The zero-order valence-electron chi connectivity index (χ0n) is 25.7. The molecule has 0 aromatic heterocycles. The minimum Gasteiger partial charge on any atom is -0.356 e. The third-order valence-corrected chi connectivity index (χ3v) is 8.25. The van der Waals surface area contributed by atoms with Crippen LogP contribution in [0.25, 0.3) is 0 Å². The van der Waals surface area contributed by atoms with Gasteiger partial charge < -0.3 is 16.0 Å². The highest BCUT2D eigenvalue weighted by atomic mass is 16.2. The SMILES string of the molecule is CCCCCCCCCCC(C)(C)C(=O)N[C@]1(N(C(=O)C(C)(C)C)[C@H]2CCCCC(=O)N2)CCCNC(=O)C1. The van der Waals surface area contributed by atoms with Gasteiger partial charge in [-0.25, -0.2) is 0 Å². The Morgan fingerprint density at radius 3 is 2.21 bits per heavy atom. The highest BCUT2D eigenvalue weighted by Crippen LogP contribution is 2.35. The number of rotatable bonds is 13. The molecule has 224 valence electrons. The molecule has 0 unspecified atom stereocenters. The van der Waals surface area contributed by atoms with Gasteiger partial charge in [-0.15, -0.1) is 0 Å². The minimum absolute atomic E-state index is 0.0270. The minimum atomic E-state index is -1.21. The summed E-state index contributed by atoms with van der Waals surface area (Å²) >= 11 is 0. The van der Waals surface area contributed by atoms with Gasteiger partial charge in [-0.3, -0.25) is 24.1 Å². The van der Waals surface area contributed by atoms with Crippen LogP contribution in [0.3, 0.4) is 0 Å². The van der Waals surface area contributed by atoms with Crippen LogP contribution >= 0.6 is 0 Å². The van der Waals surface area contributed by atoms with Gasteiger partial charge in [0.25, 0.3) is 0 Å². The zero-order chi connectivity index (χ0) is 29.1. The van der Waals surface area contributed by atoms with Gasteiger partial charge in [-0.05, 0) is 38.5 Å². The second-order valence-corrected chi connectivity index (χ2v) is 13.5. The van der Waals surface area contributed by atoms with Gasteiger partial charge in [0.2, 0.25) is 23.6 Å². The molecule has 2 atom stereocenters. The van der Waals surface area contributed by atoms with Crippen molar-refractivity contribution in [3.05, 3.63) is 0 Å². The second kappa shape index (κ2) is 15.0. The fourth-order valence-corrected chi connectivity index (χ4v) is 5.74. The van der Waals surface area contributed by atoms with E-state index in [0.29, 0.717) is 32.2 Å². The molecule has 8 nitrogen and oxygen atoms in total. The first kappa shape index (κ1) is 33.1. The Balaban J connectivity index is 2.28. The molecule has 0 saturated carbocycles. The predicted molar refractivity (Wildman–Crippen MR) is 155 cm³/mol. The first-order valence-electron chi connectivity index (χ1n) is 15.5. The maximum absolute atomic E-state index is 14.1. The molecule has 2 saturated heterocycles. The number of carbonyl (C=O) groups is 4.